The van der Waals surface area contributed by atoms with Gasteiger partial charge in [-0.3, -0.25) is 0 Å². The number of carbonyl (C=O) groups excluding carboxylic acids is 1. The minimum absolute atomic E-state index is 0.336. The molecule has 0 aliphatic carbocycles. The highest BCUT2D eigenvalue weighted by Crippen LogP contribution is 2.51. The van der Waals surface area contributed by atoms with E-state index in [2.05, 4.69) is 0 Å². The van der Waals surface area contributed by atoms with E-state index in [9.17, 15) is 4.79 Å². The molecule has 4 rings (SSSR count). The van der Waals surface area contributed by atoms with Crippen LogP contribution in [0.3, 0.4) is 0 Å². The van der Waals surface area contributed by atoms with Crippen molar-refractivity contribution in [2.45, 2.75) is 12.5 Å². The van der Waals surface area contributed by atoms with Crippen LogP contribution in [-0.2, 0) is 15.1 Å². The predicted molar refractivity (Wildman–Crippen MR) is 105 cm³/mol. The lowest BCUT2D eigenvalue weighted by molar-refractivity contribution is -0.143. The van der Waals surface area contributed by atoms with E-state index in [1.54, 1.807) is 0 Å². The van der Waals surface area contributed by atoms with Crippen molar-refractivity contribution in [1.82, 2.24) is 0 Å². The zero-order valence-electron chi connectivity index (χ0n) is 14.3. The number of rotatable bonds is 3. The number of carbonyl (C=O) groups is 1. The fraction of sp³-hybridized carbons (Fsp3) is 0.0870. The topological polar surface area (TPSA) is 26.3 Å². The van der Waals surface area contributed by atoms with Crippen molar-refractivity contribution in [3.8, 4) is 0 Å². The Labute approximate surface area is 157 Å². The SMILES string of the molecule is CC1(c2ccccc2Cl)OC(=O)C(c2ccccc2)=C1c1ccccc1. The molecule has 3 aromatic carbocycles. The molecule has 0 saturated heterocycles. The Morgan fingerprint density at radius 2 is 1.31 bits per heavy atom. The van der Waals surface area contributed by atoms with E-state index in [1.807, 2.05) is 91.9 Å². The first kappa shape index (κ1) is 16.6. The quantitative estimate of drug-likeness (QED) is 0.558. The van der Waals surface area contributed by atoms with E-state index in [1.165, 1.54) is 0 Å². The monoisotopic (exact) mass is 360 g/mol. The highest BCUT2D eigenvalue weighted by atomic mass is 35.5. The van der Waals surface area contributed by atoms with Gasteiger partial charge in [0.1, 0.15) is 0 Å². The van der Waals surface area contributed by atoms with Crippen molar-refractivity contribution in [1.29, 1.82) is 0 Å². The number of cyclic esters (lactones) is 1. The van der Waals surface area contributed by atoms with E-state index < -0.39 is 5.60 Å². The largest absolute Gasteiger partial charge is 0.446 e. The second kappa shape index (κ2) is 6.47. The van der Waals surface area contributed by atoms with Gasteiger partial charge in [0.25, 0.3) is 0 Å². The normalized spacial score (nSPS) is 19.5. The van der Waals surface area contributed by atoms with Crippen LogP contribution in [0.5, 0.6) is 0 Å². The molecule has 0 amide bonds. The fourth-order valence-corrected chi connectivity index (χ4v) is 3.87. The van der Waals surface area contributed by atoms with Gasteiger partial charge in [-0.1, -0.05) is 90.5 Å². The van der Waals surface area contributed by atoms with E-state index >= 15 is 0 Å². The van der Waals surface area contributed by atoms with Crippen molar-refractivity contribution in [3.05, 3.63) is 107 Å². The van der Waals surface area contributed by atoms with Crippen LogP contribution in [0.4, 0.5) is 0 Å². The van der Waals surface area contributed by atoms with Gasteiger partial charge in [-0.15, -0.1) is 0 Å². The average Bonchev–Trinajstić information content (AvgIpc) is 2.94. The Balaban J connectivity index is 2.04. The number of esters is 1. The molecule has 0 fully saturated rings. The Hall–Kier alpha value is -2.84. The minimum Gasteiger partial charge on any atom is -0.446 e. The summed E-state index contributed by atoms with van der Waals surface area (Å²) in [4.78, 5) is 12.9. The minimum atomic E-state index is -0.956. The number of halogens is 1. The Kier molecular flexibility index (Phi) is 4.14. The van der Waals surface area contributed by atoms with Crippen LogP contribution in [0.1, 0.15) is 23.6 Å². The molecule has 0 saturated carbocycles. The van der Waals surface area contributed by atoms with Crippen LogP contribution in [0, 0.1) is 0 Å². The highest BCUT2D eigenvalue weighted by molar-refractivity contribution is 6.33. The predicted octanol–water partition coefficient (Wildman–Crippen LogP) is 5.72. The maximum absolute atomic E-state index is 12.9. The van der Waals surface area contributed by atoms with Crippen LogP contribution in [0.2, 0.25) is 5.02 Å². The van der Waals surface area contributed by atoms with Gasteiger partial charge in [0.15, 0.2) is 5.60 Å². The zero-order chi connectivity index (χ0) is 18.1. The van der Waals surface area contributed by atoms with Gasteiger partial charge in [-0.05, 0) is 24.1 Å². The van der Waals surface area contributed by atoms with E-state index in [0.29, 0.717) is 10.6 Å². The average molecular weight is 361 g/mol. The lowest BCUT2D eigenvalue weighted by Crippen LogP contribution is -2.25. The molecule has 1 heterocycles. The van der Waals surface area contributed by atoms with Crippen LogP contribution in [-0.4, -0.2) is 5.97 Å². The van der Waals surface area contributed by atoms with Crippen LogP contribution in [0.15, 0.2) is 84.9 Å². The first-order chi connectivity index (χ1) is 12.6. The number of hydrogen-bond donors (Lipinski definition) is 0. The Morgan fingerprint density at radius 3 is 1.92 bits per heavy atom. The maximum atomic E-state index is 12.9. The zero-order valence-corrected chi connectivity index (χ0v) is 15.0. The molecule has 0 spiro atoms. The van der Waals surface area contributed by atoms with Crippen LogP contribution < -0.4 is 0 Å². The first-order valence-corrected chi connectivity index (χ1v) is 8.83. The molecule has 1 atom stereocenters. The maximum Gasteiger partial charge on any atom is 0.340 e. The summed E-state index contributed by atoms with van der Waals surface area (Å²) in [7, 11) is 0. The van der Waals surface area contributed by atoms with Gasteiger partial charge in [0.05, 0.1) is 5.57 Å². The molecule has 26 heavy (non-hydrogen) atoms. The lowest BCUT2D eigenvalue weighted by Gasteiger charge is -2.28. The molecule has 1 unspecified atom stereocenters. The first-order valence-electron chi connectivity index (χ1n) is 8.45. The van der Waals surface area contributed by atoms with Gasteiger partial charge in [-0.25, -0.2) is 4.79 Å². The summed E-state index contributed by atoms with van der Waals surface area (Å²) in [5, 5.41) is 0.575. The summed E-state index contributed by atoms with van der Waals surface area (Å²) < 4.78 is 5.95. The van der Waals surface area contributed by atoms with E-state index in [0.717, 1.165) is 22.3 Å². The number of hydrogen-bond acceptors (Lipinski definition) is 2. The standard InChI is InChI=1S/C23H17ClO2/c1-23(18-14-8-9-15-19(18)24)21(17-12-6-3-7-13-17)20(22(25)26-23)16-10-4-2-5-11-16/h2-15H,1H3. The third-order valence-corrected chi connectivity index (χ3v) is 5.07. The summed E-state index contributed by atoms with van der Waals surface area (Å²) in [5.41, 5.74) is 3.02. The molecule has 3 aromatic rings. The number of benzene rings is 3. The summed E-state index contributed by atoms with van der Waals surface area (Å²) in [6.07, 6.45) is 0. The molecule has 0 aromatic heterocycles. The number of ether oxygens (including phenoxy) is 1. The van der Waals surface area contributed by atoms with Gasteiger partial charge in [-0.2, -0.15) is 0 Å². The van der Waals surface area contributed by atoms with Crippen molar-refractivity contribution in [2.75, 3.05) is 0 Å². The van der Waals surface area contributed by atoms with Gasteiger partial charge in [0.2, 0.25) is 0 Å². The lowest BCUT2D eigenvalue weighted by atomic mass is 9.81. The molecule has 0 N–H and O–H groups in total. The van der Waals surface area contributed by atoms with Crippen molar-refractivity contribution >= 4 is 28.7 Å². The molecule has 1 aliphatic rings. The van der Waals surface area contributed by atoms with Crippen LogP contribution in [0.25, 0.3) is 11.1 Å². The molecule has 0 radical (unpaired) electrons. The second-order valence-corrected chi connectivity index (χ2v) is 6.79. The smallest absolute Gasteiger partial charge is 0.340 e. The third-order valence-electron chi connectivity index (χ3n) is 4.74. The van der Waals surface area contributed by atoms with Gasteiger partial charge < -0.3 is 4.74 Å². The molecule has 0 bridgehead atoms. The molecular weight excluding hydrogens is 344 g/mol. The molecule has 2 nitrogen and oxygen atoms in total. The molecular formula is C23H17ClO2. The molecule has 3 heteroatoms. The molecule has 1 aliphatic heterocycles. The third kappa shape index (κ3) is 2.63. The van der Waals surface area contributed by atoms with Crippen LogP contribution >= 0.6 is 11.6 Å². The summed E-state index contributed by atoms with van der Waals surface area (Å²) in [6, 6.07) is 27.0. The highest BCUT2D eigenvalue weighted by Gasteiger charge is 2.47. The summed E-state index contributed by atoms with van der Waals surface area (Å²) in [5.74, 6) is -0.336. The van der Waals surface area contributed by atoms with Gasteiger partial charge >= 0.3 is 5.97 Å². The Morgan fingerprint density at radius 1 is 0.769 bits per heavy atom. The second-order valence-electron chi connectivity index (χ2n) is 6.38. The summed E-state index contributed by atoms with van der Waals surface area (Å²) >= 11 is 6.47. The van der Waals surface area contributed by atoms with Crippen molar-refractivity contribution < 1.29 is 9.53 Å². The summed E-state index contributed by atoms with van der Waals surface area (Å²) in [6.45, 7) is 1.91. The van der Waals surface area contributed by atoms with Crippen molar-refractivity contribution in [3.63, 3.8) is 0 Å². The van der Waals surface area contributed by atoms with Gasteiger partial charge in [0, 0.05) is 16.2 Å². The van der Waals surface area contributed by atoms with E-state index in [4.69, 9.17) is 16.3 Å². The fourth-order valence-electron chi connectivity index (χ4n) is 3.56. The molecule has 128 valence electrons. The Bertz CT molecular complexity index is 993. The van der Waals surface area contributed by atoms with E-state index in [-0.39, 0.29) is 5.97 Å². The van der Waals surface area contributed by atoms with Crippen molar-refractivity contribution in [2.24, 2.45) is 0 Å².